The Morgan fingerprint density at radius 2 is 2.00 bits per heavy atom. The number of hydrogen-bond donors (Lipinski definition) is 1. The van der Waals surface area contributed by atoms with E-state index < -0.39 is 0 Å². The van der Waals surface area contributed by atoms with E-state index in [0.717, 1.165) is 23.5 Å². The maximum absolute atomic E-state index is 13.1. The molecule has 0 radical (unpaired) electrons. The largest absolute Gasteiger partial charge is 0.348 e. The van der Waals surface area contributed by atoms with Crippen molar-refractivity contribution in [3.8, 4) is 0 Å². The van der Waals surface area contributed by atoms with Gasteiger partial charge in [-0.05, 0) is 30.7 Å². The first-order chi connectivity index (χ1) is 11.1. The molecule has 1 aromatic carbocycles. The molecule has 0 unspecified atom stereocenters. The average molecular weight is 309 g/mol. The normalized spacial score (nSPS) is 23.0. The van der Waals surface area contributed by atoms with Gasteiger partial charge < -0.3 is 14.8 Å². The van der Waals surface area contributed by atoms with Gasteiger partial charge in [0.1, 0.15) is 0 Å². The lowest BCUT2D eigenvalue weighted by Gasteiger charge is -2.38. The van der Waals surface area contributed by atoms with Gasteiger partial charge in [0.2, 0.25) is 11.8 Å². The zero-order valence-electron chi connectivity index (χ0n) is 13.0. The molecule has 3 heterocycles. The predicted molar refractivity (Wildman–Crippen MR) is 87.0 cm³/mol. The number of benzene rings is 1. The summed E-state index contributed by atoms with van der Waals surface area (Å²) in [6, 6.07) is 11.7. The van der Waals surface area contributed by atoms with E-state index in [1.54, 1.807) is 0 Å². The Morgan fingerprint density at radius 1 is 1.17 bits per heavy atom. The number of hydrogen-bond acceptors (Lipinski definition) is 2. The average Bonchev–Trinajstić information content (AvgIpc) is 3.03. The molecule has 0 fully saturated rings. The van der Waals surface area contributed by atoms with Gasteiger partial charge in [0.05, 0.1) is 12.0 Å². The summed E-state index contributed by atoms with van der Waals surface area (Å²) in [5.74, 6) is -0.425. The second-order valence-electron chi connectivity index (χ2n) is 6.23. The van der Waals surface area contributed by atoms with Crippen molar-refractivity contribution in [2.24, 2.45) is 0 Å². The third-order valence-electron chi connectivity index (χ3n) is 4.92. The van der Waals surface area contributed by atoms with Gasteiger partial charge in [-0.1, -0.05) is 18.2 Å². The van der Waals surface area contributed by atoms with Gasteiger partial charge in [0.15, 0.2) is 0 Å². The first-order valence-corrected chi connectivity index (χ1v) is 7.99. The topological polar surface area (TPSA) is 54.3 Å². The number of aromatic nitrogens is 1. The van der Waals surface area contributed by atoms with Crippen LogP contribution in [0.2, 0.25) is 0 Å². The first kappa shape index (κ1) is 14.1. The maximum Gasteiger partial charge on any atom is 0.231 e. The zero-order valence-corrected chi connectivity index (χ0v) is 13.0. The summed E-state index contributed by atoms with van der Waals surface area (Å²) < 4.78 is 2.19. The highest BCUT2D eigenvalue weighted by molar-refractivity contribution is 6.01. The van der Waals surface area contributed by atoms with E-state index in [1.165, 1.54) is 0 Å². The number of carbonyl (C=O) groups is 2. The molecule has 2 aromatic rings. The molecule has 0 saturated carbocycles. The second-order valence-corrected chi connectivity index (χ2v) is 6.23. The quantitative estimate of drug-likeness (QED) is 0.880. The Labute approximate surface area is 134 Å². The number of anilines is 1. The molecule has 0 aliphatic carbocycles. The second kappa shape index (κ2) is 5.26. The first-order valence-electron chi connectivity index (χ1n) is 7.99. The smallest absolute Gasteiger partial charge is 0.231 e. The van der Waals surface area contributed by atoms with Crippen molar-refractivity contribution in [3.63, 3.8) is 0 Å². The number of nitrogens with one attached hydrogen (secondary N) is 1. The van der Waals surface area contributed by atoms with Crippen LogP contribution in [0.1, 0.15) is 36.6 Å². The fraction of sp³-hybridized carbons (Fsp3) is 0.333. The van der Waals surface area contributed by atoms with Gasteiger partial charge in [0, 0.05) is 37.1 Å². The molecule has 0 spiro atoms. The summed E-state index contributed by atoms with van der Waals surface area (Å²) in [4.78, 5) is 27.0. The summed E-state index contributed by atoms with van der Waals surface area (Å²) in [5.41, 5.74) is 2.83. The van der Waals surface area contributed by atoms with E-state index in [1.807, 2.05) is 35.2 Å². The number of carbonyl (C=O) groups excluding carboxylic acids is 2. The van der Waals surface area contributed by atoms with Crippen LogP contribution in [0.5, 0.6) is 0 Å². The van der Waals surface area contributed by atoms with Crippen molar-refractivity contribution < 1.29 is 9.59 Å². The molecule has 0 saturated heterocycles. The van der Waals surface area contributed by atoms with Crippen LogP contribution in [0.4, 0.5) is 5.69 Å². The predicted octanol–water partition coefficient (Wildman–Crippen LogP) is 2.52. The highest BCUT2D eigenvalue weighted by Crippen LogP contribution is 2.36. The van der Waals surface area contributed by atoms with E-state index in [2.05, 4.69) is 29.1 Å². The zero-order chi connectivity index (χ0) is 16.0. The Morgan fingerprint density at radius 3 is 2.87 bits per heavy atom. The third-order valence-corrected chi connectivity index (χ3v) is 4.92. The van der Waals surface area contributed by atoms with Gasteiger partial charge in [-0.15, -0.1) is 0 Å². The van der Waals surface area contributed by atoms with Crippen LogP contribution in [0.15, 0.2) is 42.6 Å². The molecule has 5 nitrogen and oxygen atoms in total. The standard InChI is InChI=1S/C18H19N3O2/c1-12-16-7-4-8-20(16)9-10-21(12)18(23)14-11-17(22)19-15-6-3-2-5-13(14)15/h2-8,12,14H,9-11H2,1H3,(H,19,22)/t12-,14+/m0/s1. The molecule has 2 amide bonds. The lowest BCUT2D eigenvalue weighted by molar-refractivity contribution is -0.138. The van der Waals surface area contributed by atoms with E-state index in [9.17, 15) is 9.59 Å². The molecule has 1 aromatic heterocycles. The van der Waals surface area contributed by atoms with Crippen LogP contribution in [0.25, 0.3) is 0 Å². The molecular weight excluding hydrogens is 290 g/mol. The molecule has 2 aliphatic heterocycles. The number of fused-ring (bicyclic) bond motifs is 2. The van der Waals surface area contributed by atoms with Gasteiger partial charge in [-0.2, -0.15) is 0 Å². The molecule has 23 heavy (non-hydrogen) atoms. The van der Waals surface area contributed by atoms with Crippen molar-refractivity contribution in [1.29, 1.82) is 0 Å². The van der Waals surface area contributed by atoms with Crippen molar-refractivity contribution >= 4 is 17.5 Å². The summed E-state index contributed by atoms with van der Waals surface area (Å²) in [6.07, 6.45) is 2.27. The minimum absolute atomic E-state index is 0.0309. The van der Waals surface area contributed by atoms with Crippen LogP contribution in [-0.2, 0) is 16.1 Å². The van der Waals surface area contributed by atoms with Gasteiger partial charge >= 0.3 is 0 Å². The minimum atomic E-state index is -0.385. The van der Waals surface area contributed by atoms with Gasteiger partial charge in [-0.3, -0.25) is 9.59 Å². The molecule has 2 atom stereocenters. The lowest BCUT2D eigenvalue weighted by atomic mass is 9.88. The highest BCUT2D eigenvalue weighted by atomic mass is 16.2. The molecule has 118 valence electrons. The minimum Gasteiger partial charge on any atom is -0.348 e. The van der Waals surface area contributed by atoms with Crippen molar-refractivity contribution in [1.82, 2.24) is 9.47 Å². The van der Waals surface area contributed by atoms with Gasteiger partial charge in [0.25, 0.3) is 0 Å². The fourth-order valence-corrected chi connectivity index (χ4v) is 3.71. The third kappa shape index (κ3) is 2.23. The van der Waals surface area contributed by atoms with Crippen molar-refractivity contribution in [2.75, 3.05) is 11.9 Å². The molecule has 1 N–H and O–H groups in total. The SMILES string of the molecule is C[C@H]1c2cccn2CCN1C(=O)[C@@H]1CC(=O)Nc2ccccc21. The summed E-state index contributed by atoms with van der Waals surface area (Å²) in [6.45, 7) is 3.54. The highest BCUT2D eigenvalue weighted by Gasteiger charge is 2.36. The van der Waals surface area contributed by atoms with Crippen LogP contribution in [0, 0.1) is 0 Å². The summed E-state index contributed by atoms with van der Waals surface area (Å²) >= 11 is 0. The number of amides is 2. The van der Waals surface area contributed by atoms with Crippen LogP contribution in [-0.4, -0.2) is 27.8 Å². The van der Waals surface area contributed by atoms with Crippen LogP contribution < -0.4 is 5.32 Å². The molecule has 5 heteroatoms. The molecular formula is C18H19N3O2. The van der Waals surface area contributed by atoms with E-state index in [4.69, 9.17) is 0 Å². The van der Waals surface area contributed by atoms with Gasteiger partial charge in [-0.25, -0.2) is 0 Å². The monoisotopic (exact) mass is 309 g/mol. The number of nitrogens with zero attached hydrogens (tertiary/aromatic N) is 2. The number of para-hydroxylation sites is 1. The molecule has 2 aliphatic rings. The Balaban J connectivity index is 1.66. The van der Waals surface area contributed by atoms with Crippen molar-refractivity contribution in [3.05, 3.63) is 53.9 Å². The molecule has 0 bridgehead atoms. The Bertz CT molecular complexity index is 780. The Kier molecular flexibility index (Phi) is 3.22. The summed E-state index contributed by atoms with van der Waals surface area (Å²) in [5, 5.41) is 2.86. The molecule has 4 rings (SSSR count). The van der Waals surface area contributed by atoms with Crippen LogP contribution >= 0.6 is 0 Å². The maximum atomic E-state index is 13.1. The fourth-order valence-electron chi connectivity index (χ4n) is 3.71. The number of rotatable bonds is 1. The summed E-state index contributed by atoms with van der Waals surface area (Å²) in [7, 11) is 0. The van der Waals surface area contributed by atoms with E-state index in [0.29, 0.717) is 6.54 Å². The Hall–Kier alpha value is -2.56. The van der Waals surface area contributed by atoms with E-state index >= 15 is 0 Å². The lowest BCUT2D eigenvalue weighted by Crippen LogP contribution is -2.44. The van der Waals surface area contributed by atoms with Crippen LogP contribution in [0.3, 0.4) is 0 Å². The van der Waals surface area contributed by atoms with E-state index in [-0.39, 0.29) is 30.2 Å². The van der Waals surface area contributed by atoms with Crippen molar-refractivity contribution in [2.45, 2.75) is 31.8 Å².